The molecule has 0 aromatic heterocycles. The summed E-state index contributed by atoms with van der Waals surface area (Å²) in [4.78, 5) is 37.7. The number of allylic oxidation sites excluding steroid dienone is 2. The zero-order valence-electron chi connectivity index (χ0n) is 15.3. The molecular formula is C16H22I3N3O7. The molecule has 3 amide bonds. The quantitative estimate of drug-likeness (QED) is 0.0887. The molecule has 4 unspecified atom stereocenters. The summed E-state index contributed by atoms with van der Waals surface area (Å²) in [5.41, 5.74) is 0.113. The van der Waals surface area contributed by atoms with Crippen LogP contribution < -0.4 is 16.0 Å². The predicted molar refractivity (Wildman–Crippen MR) is 129 cm³/mol. The van der Waals surface area contributed by atoms with Crippen LogP contribution in [0.15, 0.2) is 18.8 Å². The Bertz CT molecular complexity index is 716. The minimum absolute atomic E-state index is 0.113. The van der Waals surface area contributed by atoms with E-state index in [2.05, 4.69) is 16.0 Å². The van der Waals surface area contributed by atoms with Gasteiger partial charge in [-0.25, -0.2) is 0 Å². The standard InChI is InChI=1S/C16H22I3N3O7/c1-7(25)22-16(19)12(14(28)20-3-8(26)5-23)10(17)2-11(18)13(16)15(29)21-4-9(27)6-24/h2,8-9,12,23-24,26-27H,3-6H2,1H3,(H,20,28)(H,21,29)(H,22,25). The third-order valence-electron chi connectivity index (χ3n) is 3.82. The van der Waals surface area contributed by atoms with Crippen molar-refractivity contribution in [3.05, 3.63) is 18.8 Å². The van der Waals surface area contributed by atoms with Crippen molar-refractivity contribution in [1.82, 2.24) is 16.0 Å². The molecular weight excluding hydrogens is 727 g/mol. The van der Waals surface area contributed by atoms with Gasteiger partial charge in [0, 0.05) is 27.2 Å². The number of rotatable bonds is 9. The Labute approximate surface area is 208 Å². The van der Waals surface area contributed by atoms with Crippen molar-refractivity contribution >= 4 is 85.5 Å². The van der Waals surface area contributed by atoms with Gasteiger partial charge in [-0.05, 0) is 73.8 Å². The predicted octanol–water partition coefficient (Wildman–Crippen LogP) is -1.17. The van der Waals surface area contributed by atoms with Crippen molar-refractivity contribution in [2.75, 3.05) is 26.3 Å². The largest absolute Gasteiger partial charge is 0.394 e. The maximum absolute atomic E-state index is 12.9. The van der Waals surface area contributed by atoms with E-state index in [4.69, 9.17) is 10.2 Å². The van der Waals surface area contributed by atoms with Crippen molar-refractivity contribution in [2.24, 2.45) is 5.92 Å². The molecule has 1 aliphatic rings. The molecule has 0 aliphatic heterocycles. The summed E-state index contributed by atoms with van der Waals surface area (Å²) >= 11 is 5.71. The first-order valence-electron chi connectivity index (χ1n) is 8.36. The molecule has 0 bridgehead atoms. The molecule has 1 aliphatic carbocycles. The van der Waals surface area contributed by atoms with E-state index in [0.29, 0.717) is 7.16 Å². The summed E-state index contributed by atoms with van der Waals surface area (Å²) in [5.74, 6) is -2.62. The number of carbonyl (C=O) groups excluding carboxylic acids is 3. The van der Waals surface area contributed by atoms with Crippen LogP contribution >= 0.6 is 67.8 Å². The van der Waals surface area contributed by atoms with Gasteiger partial charge >= 0.3 is 0 Å². The van der Waals surface area contributed by atoms with Crippen molar-refractivity contribution in [2.45, 2.75) is 22.7 Å². The summed E-state index contributed by atoms with van der Waals surface area (Å²) in [6, 6.07) is 0. The molecule has 0 fully saturated rings. The second kappa shape index (κ2) is 12.1. The highest BCUT2D eigenvalue weighted by Gasteiger charge is 2.51. The molecule has 13 heteroatoms. The molecule has 10 nitrogen and oxygen atoms in total. The van der Waals surface area contributed by atoms with Gasteiger partial charge in [0.2, 0.25) is 11.8 Å². The van der Waals surface area contributed by atoms with Gasteiger partial charge < -0.3 is 36.4 Å². The zero-order chi connectivity index (χ0) is 22.4. The Kier molecular flexibility index (Phi) is 11.2. The Balaban J connectivity index is 3.30. The lowest BCUT2D eigenvalue weighted by Crippen LogP contribution is -2.59. The van der Waals surface area contributed by atoms with Crippen LogP contribution in [0.2, 0.25) is 0 Å². The average molecular weight is 749 g/mol. The lowest BCUT2D eigenvalue weighted by Gasteiger charge is -2.40. The Morgan fingerprint density at radius 1 is 1.10 bits per heavy atom. The number of carbonyl (C=O) groups is 3. The molecule has 7 N–H and O–H groups in total. The summed E-state index contributed by atoms with van der Waals surface area (Å²) in [5, 5.41) is 44.5. The van der Waals surface area contributed by atoms with Crippen LogP contribution in [0.1, 0.15) is 6.92 Å². The monoisotopic (exact) mass is 749 g/mol. The molecule has 0 heterocycles. The van der Waals surface area contributed by atoms with E-state index in [1.807, 2.05) is 67.8 Å². The van der Waals surface area contributed by atoms with Crippen molar-refractivity contribution in [3.63, 3.8) is 0 Å². The molecule has 4 atom stereocenters. The maximum Gasteiger partial charge on any atom is 0.251 e. The van der Waals surface area contributed by atoms with Crippen LogP contribution in [-0.4, -0.2) is 80.2 Å². The number of aliphatic hydroxyl groups excluding tert-OH is 4. The summed E-state index contributed by atoms with van der Waals surface area (Å²) in [6.45, 7) is -0.220. The fourth-order valence-electron chi connectivity index (χ4n) is 2.50. The van der Waals surface area contributed by atoms with E-state index in [9.17, 15) is 24.6 Å². The van der Waals surface area contributed by atoms with E-state index >= 15 is 0 Å². The van der Waals surface area contributed by atoms with E-state index in [1.54, 1.807) is 6.08 Å². The van der Waals surface area contributed by atoms with E-state index in [0.717, 1.165) is 0 Å². The Hall–Kier alpha value is -0.0800. The molecule has 0 spiro atoms. The highest BCUT2D eigenvalue weighted by molar-refractivity contribution is 14.1. The lowest BCUT2D eigenvalue weighted by molar-refractivity contribution is -0.126. The van der Waals surface area contributed by atoms with Gasteiger partial charge in [-0.3, -0.25) is 14.4 Å². The van der Waals surface area contributed by atoms with Crippen LogP contribution in [0.5, 0.6) is 0 Å². The van der Waals surface area contributed by atoms with Crippen molar-refractivity contribution in [1.29, 1.82) is 0 Å². The molecule has 0 aromatic rings. The zero-order valence-corrected chi connectivity index (χ0v) is 21.8. The molecule has 29 heavy (non-hydrogen) atoms. The number of amides is 3. The topological polar surface area (TPSA) is 168 Å². The fraction of sp³-hybridized carbons (Fsp3) is 0.562. The van der Waals surface area contributed by atoms with Gasteiger partial charge in [0.15, 0.2) is 0 Å². The normalized spacial score (nSPS) is 23.7. The highest BCUT2D eigenvalue weighted by Crippen LogP contribution is 2.47. The van der Waals surface area contributed by atoms with Gasteiger partial charge in [0.1, 0.15) is 9.46 Å². The van der Waals surface area contributed by atoms with Crippen LogP contribution in [0.25, 0.3) is 0 Å². The van der Waals surface area contributed by atoms with Crippen LogP contribution in [0.3, 0.4) is 0 Å². The van der Waals surface area contributed by atoms with Crippen LogP contribution in [0.4, 0.5) is 0 Å². The van der Waals surface area contributed by atoms with E-state index in [-0.39, 0.29) is 18.7 Å². The van der Waals surface area contributed by atoms with Gasteiger partial charge in [-0.2, -0.15) is 0 Å². The second-order valence-corrected chi connectivity index (χ2v) is 10.3. The summed E-state index contributed by atoms with van der Waals surface area (Å²) in [6.07, 6.45) is -0.670. The number of alkyl halides is 1. The number of aliphatic hydroxyl groups is 4. The molecule has 1 rings (SSSR count). The molecule has 0 aromatic carbocycles. The van der Waals surface area contributed by atoms with Crippen molar-refractivity contribution < 1.29 is 34.8 Å². The minimum atomic E-state index is -1.45. The Morgan fingerprint density at radius 2 is 1.62 bits per heavy atom. The van der Waals surface area contributed by atoms with Gasteiger partial charge in [0.05, 0.1) is 31.0 Å². The third kappa shape index (κ3) is 7.23. The molecule has 0 saturated heterocycles. The molecule has 0 saturated carbocycles. The maximum atomic E-state index is 12.9. The third-order valence-corrected chi connectivity index (χ3v) is 7.04. The first kappa shape index (κ1) is 27.0. The molecule has 0 radical (unpaired) electrons. The summed E-state index contributed by atoms with van der Waals surface area (Å²) in [7, 11) is 0. The first-order chi connectivity index (χ1) is 13.5. The smallest absolute Gasteiger partial charge is 0.251 e. The average Bonchev–Trinajstić information content (AvgIpc) is 2.62. The highest BCUT2D eigenvalue weighted by atomic mass is 127. The van der Waals surface area contributed by atoms with Crippen LogP contribution in [-0.2, 0) is 14.4 Å². The van der Waals surface area contributed by atoms with E-state index < -0.39 is 52.6 Å². The van der Waals surface area contributed by atoms with Crippen LogP contribution in [0, 0.1) is 5.92 Å². The fourth-order valence-corrected chi connectivity index (χ4v) is 7.81. The lowest BCUT2D eigenvalue weighted by atomic mass is 9.86. The number of halogens is 3. The number of hydrogen-bond donors (Lipinski definition) is 7. The Morgan fingerprint density at radius 3 is 2.10 bits per heavy atom. The minimum Gasteiger partial charge on any atom is -0.394 e. The van der Waals surface area contributed by atoms with Crippen molar-refractivity contribution in [3.8, 4) is 0 Å². The molecule has 164 valence electrons. The van der Waals surface area contributed by atoms with Gasteiger partial charge in [-0.1, -0.05) is 0 Å². The number of hydrogen-bond acceptors (Lipinski definition) is 7. The van der Waals surface area contributed by atoms with E-state index in [1.165, 1.54) is 6.92 Å². The summed E-state index contributed by atoms with van der Waals surface area (Å²) < 4.78 is -0.405. The number of nitrogens with one attached hydrogen (secondary N) is 3. The SMILES string of the molecule is CC(=O)NC1(I)C(C(=O)NCC(O)CO)=C(I)C=C(I)C1C(=O)NCC(O)CO. The van der Waals surface area contributed by atoms with Gasteiger partial charge in [0.25, 0.3) is 5.91 Å². The van der Waals surface area contributed by atoms with Gasteiger partial charge in [-0.15, -0.1) is 0 Å². The first-order valence-corrected chi connectivity index (χ1v) is 11.6. The second-order valence-electron chi connectivity index (χ2n) is 6.21.